The molecule has 18 aromatic rings. The predicted octanol–water partition coefficient (Wildman–Crippen LogP) is 13.4. The van der Waals surface area contributed by atoms with Crippen LogP contribution in [0.1, 0.15) is 0 Å². The SMILES string of the molecule is COc1c(-c2ccc(O)c(O)c2)oc2cc(O)cc(O)c2c1=O.COc1cc(-c2oc3cc(O)cc(O)c3c(=O)c2O)ccc1O.COc1cc(O)c2c(=O)c(O)c(-c3ccc(O)c(O)c3)oc2c1.COc1ccc(-c2oc3cc(O)cc(O)c3c(=O)c2O)cc1O.O=c1c(O)c(-c2ccc(O)c(O)c2)oc2cc(O)cc(O)c12.O=c1c(O)c(-c2ccc(O)c(O)c2)oc2cc(O)ccc12. The molecule has 0 atom stereocenters. The third-order valence-electron chi connectivity index (χ3n) is 19.8. The van der Waals surface area contributed by atoms with Gasteiger partial charge in [0, 0.05) is 100 Å². The highest BCUT2D eigenvalue weighted by Gasteiger charge is 2.28. The lowest BCUT2D eigenvalue weighted by Crippen LogP contribution is -2.07. The second kappa shape index (κ2) is 37.2. The van der Waals surface area contributed by atoms with E-state index in [0.717, 1.165) is 66.7 Å². The summed E-state index contributed by atoms with van der Waals surface area (Å²) in [6, 6.07) is 38.2. The fraction of sp³-hybridized carbons (Fsp3) is 0.0426. The molecule has 0 saturated carbocycles. The maximum atomic E-state index is 12.5. The minimum absolute atomic E-state index is 0.00668. The zero-order chi connectivity index (χ0) is 98.1. The van der Waals surface area contributed by atoms with Crippen molar-refractivity contribution < 1.29 is 173 Å². The van der Waals surface area contributed by atoms with E-state index in [4.69, 9.17) is 45.5 Å². The highest BCUT2D eigenvalue weighted by molar-refractivity contribution is 5.94. The Kier molecular flexibility index (Phi) is 25.6. The number of hydrogen-bond acceptors (Lipinski definition) is 41. The van der Waals surface area contributed by atoms with Gasteiger partial charge in [-0.3, -0.25) is 28.8 Å². The van der Waals surface area contributed by atoms with Gasteiger partial charge in [-0.05, 0) is 121 Å². The first kappa shape index (κ1) is 92.8. The molecule has 0 saturated heterocycles. The molecule has 0 amide bonds. The Morgan fingerprint density at radius 2 is 0.467 bits per heavy atom. The van der Waals surface area contributed by atoms with Gasteiger partial charge in [0.1, 0.15) is 124 Å². The molecule has 41 heteroatoms. The van der Waals surface area contributed by atoms with E-state index in [2.05, 4.69) is 0 Å². The fourth-order valence-electron chi connectivity index (χ4n) is 13.3. The van der Waals surface area contributed by atoms with Gasteiger partial charge in [-0.25, -0.2) is 0 Å². The van der Waals surface area contributed by atoms with Crippen molar-refractivity contribution in [3.63, 3.8) is 0 Å². The van der Waals surface area contributed by atoms with Gasteiger partial charge in [-0.1, -0.05) is 0 Å². The second-order valence-electron chi connectivity index (χ2n) is 28.5. The predicted molar refractivity (Wildman–Crippen MR) is 475 cm³/mol. The summed E-state index contributed by atoms with van der Waals surface area (Å²) in [5.74, 6) is -11.1. The van der Waals surface area contributed by atoms with E-state index in [1.54, 1.807) is 0 Å². The molecule has 0 aliphatic rings. The number of benzene rings is 12. The second-order valence-corrected chi connectivity index (χ2v) is 28.5. The van der Waals surface area contributed by atoms with Crippen LogP contribution in [-0.4, -0.2) is 156 Å². The minimum Gasteiger partial charge on any atom is -0.508 e. The van der Waals surface area contributed by atoms with E-state index in [0.29, 0.717) is 0 Å². The number of rotatable bonds is 10. The van der Waals surface area contributed by atoms with Crippen LogP contribution >= 0.6 is 0 Å². The quantitative estimate of drug-likeness (QED) is 0.0565. The molecule has 0 radical (unpaired) electrons. The Balaban J connectivity index is 0.000000137. The van der Waals surface area contributed by atoms with Crippen LogP contribution in [-0.2, 0) is 0 Å². The molecule has 0 fully saturated rings. The van der Waals surface area contributed by atoms with Gasteiger partial charge in [0.2, 0.25) is 67.1 Å². The van der Waals surface area contributed by atoms with Crippen LogP contribution in [0.5, 0.6) is 167 Å². The average Bonchev–Trinajstić information content (AvgIpc) is 0.781. The minimum atomic E-state index is -0.888. The first-order chi connectivity index (χ1) is 64.0. The molecule has 25 N–H and O–H groups in total. The average molecular weight is 1850 g/mol. The third kappa shape index (κ3) is 18.4. The number of phenols is 20. The highest BCUT2D eigenvalue weighted by Crippen LogP contribution is 2.46. The molecule has 6 aromatic heterocycles. The van der Waals surface area contributed by atoms with Gasteiger partial charge in [0.25, 0.3) is 0 Å². The summed E-state index contributed by atoms with van der Waals surface area (Å²) in [4.78, 5) is 73.5. The number of methoxy groups -OCH3 is 4. The zero-order valence-electron chi connectivity index (χ0n) is 69.1. The van der Waals surface area contributed by atoms with Gasteiger partial charge < -0.3 is 173 Å². The molecular formula is C94H68O41. The monoisotopic (exact) mass is 1850 g/mol. The molecule has 41 nitrogen and oxygen atoms in total. The van der Waals surface area contributed by atoms with Gasteiger partial charge in [0.15, 0.2) is 104 Å². The summed E-state index contributed by atoms with van der Waals surface area (Å²) in [5, 5.41) is 240. The summed E-state index contributed by atoms with van der Waals surface area (Å²) < 4.78 is 52.7. The molecule has 135 heavy (non-hydrogen) atoms. The Bertz CT molecular complexity index is 8220. The molecule has 0 aliphatic heterocycles. The standard InChI is InChI=1S/4C16H12O7.C15H10O7.C15H10O6/c1-22-11-3-2-7(4-9(11)18)16-15(21)14(20)13-10(19)5-8(17)6-12(13)23-16;1-22-11-4-7(2-3-9(11)18)16-15(21)14(20)13-10(19)5-8(17)6-12(13)23-16;1-22-8-5-11(19)13-12(6-8)23-16(15(21)14(13)20)7-2-3-9(17)10(18)4-7;1-22-16-14(21)13-11(20)5-8(17)6-12(13)23-15(16)7-2-3-9(18)10(19)4-7;16-7-4-10(19)12-11(5-7)22-15(14(21)13(12)20)6-1-2-8(17)9(18)3-6;16-8-2-3-9-12(6-8)21-15(14(20)13(9)19)7-1-4-10(17)11(18)5-7/h3*2-6,17-19,21H,1H3;2-6,17-20H,1H3;1-5,16-19,21H;1-6,16-18,20H. The fourth-order valence-corrected chi connectivity index (χ4v) is 13.3. The van der Waals surface area contributed by atoms with E-state index >= 15 is 0 Å². The largest absolute Gasteiger partial charge is 0.508 e. The van der Waals surface area contributed by atoms with Crippen LogP contribution in [0, 0.1) is 0 Å². The van der Waals surface area contributed by atoms with Crippen molar-refractivity contribution in [3.8, 4) is 235 Å². The summed E-state index contributed by atoms with van der Waals surface area (Å²) in [6.45, 7) is 0. The molecule has 0 unspecified atom stereocenters. The smallest absolute Gasteiger partial charge is 0.239 e. The highest BCUT2D eigenvalue weighted by atomic mass is 16.5. The molecule has 0 spiro atoms. The van der Waals surface area contributed by atoms with Gasteiger partial charge in [0.05, 0.1) is 33.8 Å². The van der Waals surface area contributed by atoms with Crippen molar-refractivity contribution in [2.75, 3.05) is 28.4 Å². The molecule has 690 valence electrons. The van der Waals surface area contributed by atoms with E-state index in [1.165, 1.54) is 150 Å². The van der Waals surface area contributed by atoms with Crippen molar-refractivity contribution >= 4 is 65.8 Å². The number of fused-ring (bicyclic) bond motifs is 6. The lowest BCUT2D eigenvalue weighted by atomic mass is 10.1. The Labute approximate surface area is 748 Å². The first-order valence-corrected chi connectivity index (χ1v) is 38.2. The summed E-state index contributed by atoms with van der Waals surface area (Å²) in [7, 11) is 5.39. The maximum absolute atomic E-state index is 12.5. The van der Waals surface area contributed by atoms with Gasteiger partial charge in [-0.15, -0.1) is 0 Å². The Morgan fingerprint density at radius 3 is 0.793 bits per heavy atom. The third-order valence-corrected chi connectivity index (χ3v) is 19.8. The molecule has 0 aliphatic carbocycles. The number of hydrogen-bond donors (Lipinski definition) is 25. The lowest BCUT2D eigenvalue weighted by Gasteiger charge is -2.10. The molecule has 6 heterocycles. The Hall–Kier alpha value is -19.9. The number of phenolic OH excluding ortho intramolecular Hbond substituents is 20. The van der Waals surface area contributed by atoms with Crippen molar-refractivity contribution in [2.24, 2.45) is 0 Å². The maximum Gasteiger partial charge on any atom is 0.239 e. The van der Waals surface area contributed by atoms with Gasteiger partial charge in [-0.2, -0.15) is 0 Å². The summed E-state index contributed by atoms with van der Waals surface area (Å²) >= 11 is 0. The van der Waals surface area contributed by atoms with Crippen LogP contribution in [0.2, 0.25) is 0 Å². The van der Waals surface area contributed by atoms with Crippen molar-refractivity contribution in [1.29, 1.82) is 0 Å². The van der Waals surface area contributed by atoms with Crippen LogP contribution in [0.4, 0.5) is 0 Å². The summed E-state index contributed by atoms with van der Waals surface area (Å²) in [5.41, 5.74) is -3.66. The first-order valence-electron chi connectivity index (χ1n) is 38.2. The zero-order valence-corrected chi connectivity index (χ0v) is 69.1. The van der Waals surface area contributed by atoms with Gasteiger partial charge >= 0.3 is 0 Å². The normalized spacial score (nSPS) is 10.8. The lowest BCUT2D eigenvalue weighted by molar-refractivity contribution is 0.373. The Morgan fingerprint density at radius 1 is 0.193 bits per heavy atom. The van der Waals surface area contributed by atoms with E-state index in [1.807, 2.05) is 0 Å². The van der Waals surface area contributed by atoms with Crippen LogP contribution in [0.15, 0.2) is 243 Å². The van der Waals surface area contributed by atoms with Crippen molar-refractivity contribution in [2.45, 2.75) is 0 Å². The van der Waals surface area contributed by atoms with E-state index in [-0.39, 0.29) is 226 Å². The molecule has 12 aromatic carbocycles. The van der Waals surface area contributed by atoms with Crippen LogP contribution < -0.4 is 51.5 Å². The molecular weight excluding hydrogens is 1780 g/mol. The van der Waals surface area contributed by atoms with Crippen molar-refractivity contribution in [3.05, 3.63) is 249 Å². The van der Waals surface area contributed by atoms with E-state index < -0.39 is 107 Å². The van der Waals surface area contributed by atoms with E-state index in [9.17, 15) is 156 Å². The van der Waals surface area contributed by atoms with Crippen LogP contribution in [0.3, 0.4) is 0 Å². The topological polar surface area (TPSA) is 724 Å². The molecule has 18 rings (SSSR count). The summed E-state index contributed by atoms with van der Waals surface area (Å²) in [6.07, 6.45) is 0. The van der Waals surface area contributed by atoms with Crippen LogP contribution in [0.25, 0.3) is 134 Å². The number of aromatic hydroxyl groups is 25. The molecule has 0 bridgehead atoms. The van der Waals surface area contributed by atoms with Crippen molar-refractivity contribution in [1.82, 2.24) is 0 Å². The number of ether oxygens (including phenoxy) is 4.